The van der Waals surface area contributed by atoms with Crippen LogP contribution >= 0.6 is 0 Å². The second-order valence-corrected chi connectivity index (χ2v) is 6.89. The van der Waals surface area contributed by atoms with Crippen LogP contribution in [0.1, 0.15) is 52.9 Å². The number of carbonyl (C=O) groups excluding carboxylic acids is 1. The Kier molecular flexibility index (Phi) is 4.66. The van der Waals surface area contributed by atoms with E-state index in [1.807, 2.05) is 24.8 Å². The maximum Gasteiger partial charge on any atom is 0.254 e. The molecule has 1 atom stereocenters. The fraction of sp³-hybridized carbons (Fsp3) is 0.350. The SMILES string of the molecule is Cc1nc(-c2ncc(C)[nH]2)cc(C2CCCCN2C(=O)c2ccncc2)n1. The minimum atomic E-state index is -0.0593. The number of nitrogens with zero attached hydrogens (tertiary/aromatic N) is 5. The highest BCUT2D eigenvalue weighted by Crippen LogP contribution is 2.32. The summed E-state index contributed by atoms with van der Waals surface area (Å²) in [7, 11) is 0. The average molecular weight is 362 g/mol. The fourth-order valence-corrected chi connectivity index (χ4v) is 3.57. The van der Waals surface area contributed by atoms with Crippen LogP contribution in [0.25, 0.3) is 11.5 Å². The Hall–Kier alpha value is -3.09. The molecule has 0 saturated carbocycles. The van der Waals surface area contributed by atoms with E-state index < -0.39 is 0 Å². The van der Waals surface area contributed by atoms with Crippen molar-refractivity contribution in [1.29, 1.82) is 0 Å². The van der Waals surface area contributed by atoms with Crippen LogP contribution in [-0.4, -0.2) is 42.3 Å². The van der Waals surface area contributed by atoms with E-state index in [9.17, 15) is 4.79 Å². The van der Waals surface area contributed by atoms with Crippen molar-refractivity contribution in [3.8, 4) is 11.5 Å². The highest BCUT2D eigenvalue weighted by atomic mass is 16.2. The summed E-state index contributed by atoms with van der Waals surface area (Å²) >= 11 is 0. The lowest BCUT2D eigenvalue weighted by atomic mass is 9.97. The molecule has 0 aliphatic carbocycles. The molecular weight excluding hydrogens is 340 g/mol. The number of aryl methyl sites for hydroxylation is 2. The van der Waals surface area contributed by atoms with Crippen molar-refractivity contribution in [3.05, 3.63) is 59.6 Å². The van der Waals surface area contributed by atoms with E-state index in [2.05, 4.69) is 24.9 Å². The Morgan fingerprint density at radius 3 is 2.74 bits per heavy atom. The lowest BCUT2D eigenvalue weighted by Crippen LogP contribution is -2.39. The standard InChI is InChI=1S/C20H22N6O/c1-13-12-22-19(23-13)17-11-16(24-14(2)25-17)18-5-3-4-10-26(18)20(27)15-6-8-21-9-7-15/h6-9,11-12,18H,3-5,10H2,1-2H3,(H,22,23). The third kappa shape index (κ3) is 3.58. The van der Waals surface area contributed by atoms with E-state index in [1.54, 1.807) is 30.7 Å². The molecule has 1 aliphatic rings. The smallest absolute Gasteiger partial charge is 0.254 e. The maximum atomic E-state index is 13.1. The van der Waals surface area contributed by atoms with Gasteiger partial charge in [0, 0.05) is 36.4 Å². The van der Waals surface area contributed by atoms with Gasteiger partial charge in [-0.15, -0.1) is 0 Å². The van der Waals surface area contributed by atoms with Crippen molar-refractivity contribution in [2.75, 3.05) is 6.54 Å². The summed E-state index contributed by atoms with van der Waals surface area (Å²) in [5, 5.41) is 0. The van der Waals surface area contributed by atoms with E-state index in [4.69, 9.17) is 0 Å². The molecule has 1 unspecified atom stereocenters. The van der Waals surface area contributed by atoms with Gasteiger partial charge in [-0.3, -0.25) is 9.78 Å². The van der Waals surface area contributed by atoms with Gasteiger partial charge in [0.05, 0.1) is 11.7 Å². The van der Waals surface area contributed by atoms with Gasteiger partial charge < -0.3 is 9.88 Å². The summed E-state index contributed by atoms with van der Waals surface area (Å²) in [5.41, 5.74) is 3.26. The van der Waals surface area contributed by atoms with E-state index in [0.29, 0.717) is 11.4 Å². The summed E-state index contributed by atoms with van der Waals surface area (Å²) in [6.45, 7) is 4.56. The summed E-state index contributed by atoms with van der Waals surface area (Å²) in [6.07, 6.45) is 8.05. The summed E-state index contributed by atoms with van der Waals surface area (Å²) in [5.74, 6) is 1.43. The van der Waals surface area contributed by atoms with Crippen molar-refractivity contribution in [2.45, 2.75) is 39.2 Å². The molecule has 0 bridgehead atoms. The molecule has 1 amide bonds. The highest BCUT2D eigenvalue weighted by Gasteiger charge is 2.30. The second kappa shape index (κ2) is 7.26. The first-order chi connectivity index (χ1) is 13.1. The van der Waals surface area contributed by atoms with Crippen molar-refractivity contribution >= 4 is 5.91 Å². The first-order valence-corrected chi connectivity index (χ1v) is 9.20. The van der Waals surface area contributed by atoms with Crippen LogP contribution in [0.4, 0.5) is 0 Å². The van der Waals surface area contributed by atoms with Crippen LogP contribution in [0.15, 0.2) is 36.8 Å². The molecule has 7 heteroatoms. The number of hydrogen-bond donors (Lipinski definition) is 1. The summed E-state index contributed by atoms with van der Waals surface area (Å²) in [6, 6.07) is 5.41. The van der Waals surface area contributed by atoms with Crippen molar-refractivity contribution < 1.29 is 4.79 Å². The first kappa shape index (κ1) is 17.3. The number of rotatable bonds is 3. The summed E-state index contributed by atoms with van der Waals surface area (Å²) in [4.78, 5) is 35.8. The monoisotopic (exact) mass is 362 g/mol. The Labute approximate surface area is 157 Å². The number of carbonyl (C=O) groups is 1. The number of likely N-dealkylation sites (tertiary alicyclic amines) is 1. The number of aromatic amines is 1. The number of piperidine rings is 1. The topological polar surface area (TPSA) is 87.7 Å². The molecular formula is C20H22N6O. The lowest BCUT2D eigenvalue weighted by molar-refractivity contribution is 0.0605. The number of amides is 1. The van der Waals surface area contributed by atoms with Crippen LogP contribution in [0, 0.1) is 13.8 Å². The third-order valence-electron chi connectivity index (χ3n) is 4.84. The minimum absolute atomic E-state index is 0.0220. The molecule has 1 aliphatic heterocycles. The van der Waals surface area contributed by atoms with Gasteiger partial charge in [0.25, 0.3) is 5.91 Å². The molecule has 0 radical (unpaired) electrons. The van der Waals surface area contributed by atoms with Gasteiger partial charge in [-0.1, -0.05) is 0 Å². The van der Waals surface area contributed by atoms with E-state index in [0.717, 1.165) is 48.7 Å². The van der Waals surface area contributed by atoms with Gasteiger partial charge in [0.15, 0.2) is 5.82 Å². The molecule has 4 rings (SSSR count). The van der Waals surface area contributed by atoms with Crippen LogP contribution in [0.2, 0.25) is 0 Å². The summed E-state index contributed by atoms with van der Waals surface area (Å²) < 4.78 is 0. The van der Waals surface area contributed by atoms with Crippen molar-refractivity contribution in [3.63, 3.8) is 0 Å². The van der Waals surface area contributed by atoms with Gasteiger partial charge in [0.2, 0.25) is 0 Å². The Balaban J connectivity index is 1.70. The second-order valence-electron chi connectivity index (χ2n) is 6.89. The fourth-order valence-electron chi connectivity index (χ4n) is 3.57. The zero-order valence-corrected chi connectivity index (χ0v) is 15.5. The molecule has 1 saturated heterocycles. The molecule has 1 N–H and O–H groups in total. The van der Waals surface area contributed by atoms with Gasteiger partial charge in [0.1, 0.15) is 11.5 Å². The first-order valence-electron chi connectivity index (χ1n) is 9.20. The molecule has 3 aromatic heterocycles. The van der Waals surface area contributed by atoms with Crippen LogP contribution in [0.3, 0.4) is 0 Å². The molecule has 138 valence electrons. The van der Waals surface area contributed by atoms with Crippen LogP contribution in [0.5, 0.6) is 0 Å². The lowest BCUT2D eigenvalue weighted by Gasteiger charge is -2.35. The normalized spacial score (nSPS) is 17.1. The maximum absolute atomic E-state index is 13.1. The zero-order valence-electron chi connectivity index (χ0n) is 15.5. The Morgan fingerprint density at radius 2 is 2.00 bits per heavy atom. The molecule has 27 heavy (non-hydrogen) atoms. The number of imidazole rings is 1. The Morgan fingerprint density at radius 1 is 1.19 bits per heavy atom. The predicted octanol–water partition coefficient (Wildman–Crippen LogP) is 3.25. The average Bonchev–Trinajstić information content (AvgIpc) is 3.14. The molecule has 7 nitrogen and oxygen atoms in total. The third-order valence-corrected chi connectivity index (χ3v) is 4.84. The van der Waals surface area contributed by atoms with Gasteiger partial charge >= 0.3 is 0 Å². The molecule has 1 fully saturated rings. The highest BCUT2D eigenvalue weighted by molar-refractivity contribution is 5.94. The number of pyridine rings is 1. The number of hydrogen-bond acceptors (Lipinski definition) is 5. The van der Waals surface area contributed by atoms with E-state index in [1.165, 1.54) is 0 Å². The van der Waals surface area contributed by atoms with Crippen LogP contribution < -0.4 is 0 Å². The van der Waals surface area contributed by atoms with Crippen molar-refractivity contribution in [2.24, 2.45) is 0 Å². The molecule has 4 heterocycles. The molecule has 3 aromatic rings. The van der Waals surface area contributed by atoms with Gasteiger partial charge in [-0.25, -0.2) is 15.0 Å². The molecule has 0 spiro atoms. The van der Waals surface area contributed by atoms with E-state index in [-0.39, 0.29) is 11.9 Å². The number of aromatic nitrogens is 5. The predicted molar refractivity (Wildman–Crippen MR) is 101 cm³/mol. The Bertz CT molecular complexity index is 952. The quantitative estimate of drug-likeness (QED) is 0.773. The van der Waals surface area contributed by atoms with Gasteiger partial charge in [-0.05, 0) is 51.3 Å². The van der Waals surface area contributed by atoms with Gasteiger partial charge in [-0.2, -0.15) is 0 Å². The van der Waals surface area contributed by atoms with Crippen molar-refractivity contribution in [1.82, 2.24) is 29.8 Å². The van der Waals surface area contributed by atoms with Crippen LogP contribution in [-0.2, 0) is 0 Å². The molecule has 0 aromatic carbocycles. The largest absolute Gasteiger partial charge is 0.341 e. The number of H-pyrrole nitrogens is 1. The van der Waals surface area contributed by atoms with E-state index >= 15 is 0 Å². The minimum Gasteiger partial charge on any atom is -0.341 e. The number of nitrogens with one attached hydrogen (secondary N) is 1. The zero-order chi connectivity index (χ0) is 18.8.